The average molecular weight is 252 g/mol. The summed E-state index contributed by atoms with van der Waals surface area (Å²) in [5.74, 6) is 0. The quantitative estimate of drug-likeness (QED) is 0.749. The van der Waals surface area contributed by atoms with Crippen LogP contribution in [0.2, 0.25) is 0 Å². The van der Waals surface area contributed by atoms with Gasteiger partial charge < -0.3 is 10.3 Å². The van der Waals surface area contributed by atoms with Gasteiger partial charge in [0, 0.05) is 34.4 Å². The number of rotatable bonds is 4. The van der Waals surface area contributed by atoms with Gasteiger partial charge in [-0.25, -0.2) is 0 Å². The highest BCUT2D eigenvalue weighted by Crippen LogP contribution is 2.28. The summed E-state index contributed by atoms with van der Waals surface area (Å²) >= 11 is 0. The first-order chi connectivity index (χ1) is 9.31. The number of fused-ring (bicyclic) bond motifs is 3. The van der Waals surface area contributed by atoms with Crippen molar-refractivity contribution in [3.8, 4) is 0 Å². The maximum Gasteiger partial charge on any atom is 0.0491 e. The number of nitrogens with zero attached hydrogens (tertiary/aromatic N) is 1. The minimum absolute atomic E-state index is 0.226. The molecule has 0 saturated heterocycles. The van der Waals surface area contributed by atoms with Gasteiger partial charge in [-0.15, -0.1) is 0 Å². The van der Waals surface area contributed by atoms with E-state index in [1.54, 1.807) is 0 Å². The average Bonchev–Trinajstić information content (AvgIpc) is 2.75. The standard InChI is InChI=1S/C17H20N2/c1-2-7-13(18)12-19-16-10-5-3-8-14(16)15-9-4-6-11-17(15)19/h3-6,8-11,13H,2,7,12,18H2,1H3. The van der Waals surface area contributed by atoms with E-state index in [1.807, 2.05) is 0 Å². The Morgan fingerprint density at radius 2 is 1.47 bits per heavy atom. The molecule has 0 amide bonds. The fraction of sp³-hybridized carbons (Fsp3) is 0.294. The fourth-order valence-corrected chi connectivity index (χ4v) is 2.90. The Kier molecular flexibility index (Phi) is 3.26. The fourth-order valence-electron chi connectivity index (χ4n) is 2.90. The molecule has 0 bridgehead atoms. The van der Waals surface area contributed by atoms with Crippen LogP contribution in [0.15, 0.2) is 48.5 Å². The number of hydrogen-bond acceptors (Lipinski definition) is 1. The van der Waals surface area contributed by atoms with Crippen molar-refractivity contribution in [1.29, 1.82) is 0 Å². The van der Waals surface area contributed by atoms with Gasteiger partial charge in [0.15, 0.2) is 0 Å². The van der Waals surface area contributed by atoms with E-state index in [2.05, 4.69) is 60.0 Å². The van der Waals surface area contributed by atoms with E-state index in [4.69, 9.17) is 5.73 Å². The minimum Gasteiger partial charge on any atom is -0.339 e. The molecule has 1 heterocycles. The molecule has 19 heavy (non-hydrogen) atoms. The van der Waals surface area contributed by atoms with E-state index in [1.165, 1.54) is 21.8 Å². The predicted molar refractivity (Wildman–Crippen MR) is 82.3 cm³/mol. The highest BCUT2D eigenvalue weighted by Gasteiger charge is 2.11. The van der Waals surface area contributed by atoms with Crippen molar-refractivity contribution in [2.24, 2.45) is 5.73 Å². The molecule has 3 rings (SSSR count). The summed E-state index contributed by atoms with van der Waals surface area (Å²) in [6.07, 6.45) is 2.21. The highest BCUT2D eigenvalue weighted by molar-refractivity contribution is 6.07. The van der Waals surface area contributed by atoms with Crippen molar-refractivity contribution in [2.75, 3.05) is 0 Å². The zero-order valence-corrected chi connectivity index (χ0v) is 11.3. The van der Waals surface area contributed by atoms with E-state index in [-0.39, 0.29) is 6.04 Å². The van der Waals surface area contributed by atoms with E-state index in [9.17, 15) is 0 Å². The summed E-state index contributed by atoms with van der Waals surface area (Å²) in [6.45, 7) is 3.08. The molecule has 0 aliphatic rings. The van der Waals surface area contributed by atoms with Crippen molar-refractivity contribution in [3.05, 3.63) is 48.5 Å². The van der Waals surface area contributed by atoms with Crippen LogP contribution in [0, 0.1) is 0 Å². The molecular weight excluding hydrogens is 232 g/mol. The molecule has 3 aromatic rings. The summed E-state index contributed by atoms with van der Waals surface area (Å²) in [6, 6.07) is 17.4. The summed E-state index contributed by atoms with van der Waals surface area (Å²) in [5.41, 5.74) is 8.81. The minimum atomic E-state index is 0.226. The van der Waals surface area contributed by atoms with Crippen molar-refractivity contribution < 1.29 is 0 Å². The molecule has 98 valence electrons. The maximum atomic E-state index is 6.24. The third-order valence-electron chi connectivity index (χ3n) is 3.76. The topological polar surface area (TPSA) is 30.9 Å². The Morgan fingerprint density at radius 1 is 0.947 bits per heavy atom. The largest absolute Gasteiger partial charge is 0.339 e. The highest BCUT2D eigenvalue weighted by atomic mass is 15.0. The van der Waals surface area contributed by atoms with Crippen LogP contribution in [0.3, 0.4) is 0 Å². The number of hydrogen-bond donors (Lipinski definition) is 1. The lowest BCUT2D eigenvalue weighted by atomic mass is 10.2. The molecule has 2 heteroatoms. The van der Waals surface area contributed by atoms with Crippen LogP contribution in [-0.2, 0) is 6.54 Å². The molecule has 2 nitrogen and oxygen atoms in total. The summed E-state index contributed by atoms with van der Waals surface area (Å²) in [5, 5.41) is 2.64. The van der Waals surface area contributed by atoms with E-state index in [0.29, 0.717) is 0 Å². The molecule has 0 radical (unpaired) electrons. The van der Waals surface area contributed by atoms with Crippen LogP contribution in [-0.4, -0.2) is 10.6 Å². The second kappa shape index (κ2) is 5.06. The zero-order valence-electron chi connectivity index (χ0n) is 11.3. The van der Waals surface area contributed by atoms with Crippen LogP contribution < -0.4 is 5.73 Å². The SMILES string of the molecule is CCCC(N)Cn1c2ccccc2c2ccccc21. The van der Waals surface area contributed by atoms with E-state index >= 15 is 0 Å². The van der Waals surface area contributed by atoms with Gasteiger partial charge in [0.25, 0.3) is 0 Å². The molecule has 0 spiro atoms. The Hall–Kier alpha value is -1.80. The second-order valence-corrected chi connectivity index (χ2v) is 5.19. The predicted octanol–water partition coefficient (Wildman–Crippen LogP) is 3.92. The lowest BCUT2D eigenvalue weighted by molar-refractivity contribution is 0.531. The van der Waals surface area contributed by atoms with E-state index in [0.717, 1.165) is 19.4 Å². The molecule has 1 aromatic heterocycles. The van der Waals surface area contributed by atoms with Crippen molar-refractivity contribution in [2.45, 2.75) is 32.4 Å². The molecule has 0 aliphatic heterocycles. The van der Waals surface area contributed by atoms with E-state index < -0.39 is 0 Å². The zero-order chi connectivity index (χ0) is 13.2. The number of para-hydroxylation sites is 2. The third kappa shape index (κ3) is 2.13. The third-order valence-corrected chi connectivity index (χ3v) is 3.76. The summed E-state index contributed by atoms with van der Waals surface area (Å²) in [4.78, 5) is 0. The monoisotopic (exact) mass is 252 g/mol. The Labute approximate surface area is 113 Å². The molecule has 1 atom stereocenters. The van der Waals surface area contributed by atoms with Gasteiger partial charge in [-0.2, -0.15) is 0 Å². The van der Waals surface area contributed by atoms with Crippen LogP contribution in [0.5, 0.6) is 0 Å². The normalized spacial score (nSPS) is 13.2. The Balaban J connectivity index is 2.19. The van der Waals surface area contributed by atoms with Gasteiger partial charge in [-0.05, 0) is 18.6 Å². The van der Waals surface area contributed by atoms with Gasteiger partial charge in [0.2, 0.25) is 0 Å². The maximum absolute atomic E-state index is 6.24. The summed E-state index contributed by atoms with van der Waals surface area (Å²) < 4.78 is 2.37. The van der Waals surface area contributed by atoms with Crippen molar-refractivity contribution >= 4 is 21.8 Å². The Bertz CT molecular complexity index is 643. The molecular formula is C17H20N2. The van der Waals surface area contributed by atoms with Gasteiger partial charge in [0.1, 0.15) is 0 Å². The van der Waals surface area contributed by atoms with Gasteiger partial charge in [0.05, 0.1) is 0 Å². The van der Waals surface area contributed by atoms with Gasteiger partial charge >= 0.3 is 0 Å². The molecule has 0 saturated carbocycles. The number of nitrogens with two attached hydrogens (primary N) is 1. The van der Waals surface area contributed by atoms with Crippen molar-refractivity contribution in [1.82, 2.24) is 4.57 Å². The number of aromatic nitrogens is 1. The molecule has 2 N–H and O–H groups in total. The second-order valence-electron chi connectivity index (χ2n) is 5.19. The van der Waals surface area contributed by atoms with Crippen LogP contribution in [0.25, 0.3) is 21.8 Å². The lowest BCUT2D eigenvalue weighted by Gasteiger charge is -2.13. The first-order valence-corrected chi connectivity index (χ1v) is 7.03. The van der Waals surface area contributed by atoms with Crippen LogP contribution in [0.4, 0.5) is 0 Å². The Morgan fingerprint density at radius 3 is 2.00 bits per heavy atom. The number of benzene rings is 2. The molecule has 2 aromatic carbocycles. The van der Waals surface area contributed by atoms with Gasteiger partial charge in [-0.1, -0.05) is 49.7 Å². The van der Waals surface area contributed by atoms with Crippen LogP contribution >= 0.6 is 0 Å². The smallest absolute Gasteiger partial charge is 0.0491 e. The first-order valence-electron chi connectivity index (χ1n) is 7.03. The summed E-state index contributed by atoms with van der Waals surface area (Å²) in [7, 11) is 0. The van der Waals surface area contributed by atoms with Crippen molar-refractivity contribution in [3.63, 3.8) is 0 Å². The first kappa shape index (κ1) is 12.2. The van der Waals surface area contributed by atoms with Crippen LogP contribution in [0.1, 0.15) is 19.8 Å². The molecule has 1 unspecified atom stereocenters. The van der Waals surface area contributed by atoms with Gasteiger partial charge in [-0.3, -0.25) is 0 Å². The lowest BCUT2D eigenvalue weighted by Crippen LogP contribution is -2.25. The molecule has 0 aliphatic carbocycles. The molecule has 0 fully saturated rings.